The summed E-state index contributed by atoms with van der Waals surface area (Å²) in [6.45, 7) is 13.4. The predicted octanol–water partition coefficient (Wildman–Crippen LogP) is 5.97. The number of ether oxygens (including phenoxy) is 1. The van der Waals surface area contributed by atoms with Crippen LogP contribution in [0.25, 0.3) is 22.8 Å². The van der Waals surface area contributed by atoms with Crippen molar-refractivity contribution in [1.29, 1.82) is 0 Å². The second-order valence-electron chi connectivity index (χ2n) is 7.99. The van der Waals surface area contributed by atoms with Crippen LogP contribution in [0.4, 0.5) is 0 Å². The smallest absolute Gasteiger partial charge is 0.258 e. The maximum absolute atomic E-state index is 5.96. The molecule has 0 fully saturated rings. The Kier molecular flexibility index (Phi) is 6.68. The average molecular weight is 394 g/mol. The number of aromatic nitrogens is 3. The molecular formula is C24H31N3O2. The first-order valence-corrected chi connectivity index (χ1v) is 10.5. The van der Waals surface area contributed by atoms with Crippen molar-refractivity contribution in [3.05, 3.63) is 46.8 Å². The topological polar surface area (TPSA) is 61.0 Å². The van der Waals surface area contributed by atoms with E-state index >= 15 is 0 Å². The van der Waals surface area contributed by atoms with Gasteiger partial charge in [0.1, 0.15) is 5.75 Å². The van der Waals surface area contributed by atoms with Gasteiger partial charge in [-0.2, -0.15) is 4.98 Å². The molecule has 1 aromatic carbocycles. The normalized spacial score (nSPS) is 11.3. The van der Waals surface area contributed by atoms with E-state index in [0.717, 1.165) is 59.7 Å². The number of aryl methyl sites for hydroxylation is 3. The molecule has 0 atom stereocenters. The summed E-state index contributed by atoms with van der Waals surface area (Å²) in [5.74, 6) is 2.64. The van der Waals surface area contributed by atoms with Gasteiger partial charge in [0.15, 0.2) is 0 Å². The summed E-state index contributed by atoms with van der Waals surface area (Å²) in [6.07, 6.45) is 2.80. The summed E-state index contributed by atoms with van der Waals surface area (Å²) in [4.78, 5) is 9.30. The molecule has 0 bridgehead atoms. The van der Waals surface area contributed by atoms with Crippen molar-refractivity contribution in [2.75, 3.05) is 6.61 Å². The lowest BCUT2D eigenvalue weighted by molar-refractivity contribution is 0.312. The van der Waals surface area contributed by atoms with Gasteiger partial charge in [0.25, 0.3) is 5.89 Å². The Morgan fingerprint density at radius 1 is 1.00 bits per heavy atom. The summed E-state index contributed by atoms with van der Waals surface area (Å²) in [5, 5.41) is 4.24. The fraction of sp³-hybridized carbons (Fsp3) is 0.458. The van der Waals surface area contributed by atoms with Gasteiger partial charge in [-0.15, -0.1) is 0 Å². The number of hydrogen-bond acceptors (Lipinski definition) is 5. The van der Waals surface area contributed by atoms with E-state index in [0.29, 0.717) is 17.6 Å². The van der Waals surface area contributed by atoms with Gasteiger partial charge in [-0.1, -0.05) is 32.9 Å². The molecule has 0 amide bonds. The highest BCUT2D eigenvalue weighted by Gasteiger charge is 2.16. The van der Waals surface area contributed by atoms with Crippen LogP contribution in [-0.4, -0.2) is 21.7 Å². The van der Waals surface area contributed by atoms with Crippen LogP contribution in [0, 0.1) is 19.8 Å². The number of rotatable bonds is 8. The molecule has 0 aliphatic rings. The van der Waals surface area contributed by atoms with Crippen LogP contribution in [-0.2, 0) is 12.8 Å². The summed E-state index contributed by atoms with van der Waals surface area (Å²) in [6, 6.07) is 8.22. The molecule has 3 rings (SSSR count). The number of benzene rings is 1. The molecule has 0 unspecified atom stereocenters. The summed E-state index contributed by atoms with van der Waals surface area (Å²) in [5.41, 5.74) is 6.14. The van der Waals surface area contributed by atoms with Crippen molar-refractivity contribution in [2.45, 2.75) is 60.8 Å². The molecule has 3 aromatic rings. The molecule has 5 heteroatoms. The first-order chi connectivity index (χ1) is 13.9. The Labute approximate surface area is 173 Å². The minimum Gasteiger partial charge on any atom is -0.493 e. The van der Waals surface area contributed by atoms with Crippen molar-refractivity contribution >= 4 is 0 Å². The van der Waals surface area contributed by atoms with Crippen molar-refractivity contribution < 1.29 is 9.26 Å². The average Bonchev–Trinajstić information content (AvgIpc) is 3.15. The Morgan fingerprint density at radius 2 is 1.79 bits per heavy atom. The maximum Gasteiger partial charge on any atom is 0.258 e. The fourth-order valence-electron chi connectivity index (χ4n) is 3.49. The van der Waals surface area contributed by atoms with Gasteiger partial charge in [-0.05, 0) is 74.4 Å². The third kappa shape index (κ3) is 5.03. The van der Waals surface area contributed by atoms with E-state index < -0.39 is 0 Å². The van der Waals surface area contributed by atoms with E-state index in [1.165, 1.54) is 5.56 Å². The molecular weight excluding hydrogens is 362 g/mol. The van der Waals surface area contributed by atoms with Crippen LogP contribution in [0.15, 0.2) is 28.8 Å². The molecule has 0 saturated carbocycles. The predicted molar refractivity (Wildman–Crippen MR) is 116 cm³/mol. The zero-order valence-corrected chi connectivity index (χ0v) is 18.4. The van der Waals surface area contributed by atoms with E-state index in [9.17, 15) is 0 Å². The van der Waals surface area contributed by atoms with Gasteiger partial charge >= 0.3 is 0 Å². The van der Waals surface area contributed by atoms with E-state index in [1.807, 2.05) is 13.0 Å². The lowest BCUT2D eigenvalue weighted by Gasteiger charge is -2.14. The molecule has 0 spiro atoms. The van der Waals surface area contributed by atoms with Crippen molar-refractivity contribution in [3.8, 4) is 28.6 Å². The molecule has 154 valence electrons. The second kappa shape index (κ2) is 9.21. The zero-order chi connectivity index (χ0) is 21.0. The van der Waals surface area contributed by atoms with Crippen LogP contribution < -0.4 is 4.74 Å². The van der Waals surface area contributed by atoms with E-state index in [4.69, 9.17) is 9.26 Å². The second-order valence-corrected chi connectivity index (χ2v) is 7.99. The minimum absolute atomic E-state index is 0.525. The van der Waals surface area contributed by atoms with Crippen LogP contribution >= 0.6 is 0 Å². The third-order valence-electron chi connectivity index (χ3n) is 4.74. The monoisotopic (exact) mass is 393 g/mol. The highest BCUT2D eigenvalue weighted by Crippen LogP contribution is 2.31. The van der Waals surface area contributed by atoms with Crippen molar-refractivity contribution in [3.63, 3.8) is 0 Å². The fourth-order valence-corrected chi connectivity index (χ4v) is 3.49. The summed E-state index contributed by atoms with van der Waals surface area (Å²) >= 11 is 0. The molecule has 0 aliphatic heterocycles. The largest absolute Gasteiger partial charge is 0.493 e. The number of hydrogen-bond donors (Lipinski definition) is 0. The highest BCUT2D eigenvalue weighted by molar-refractivity contribution is 5.64. The molecule has 29 heavy (non-hydrogen) atoms. The SMILES string of the molecule is CCCOc1c(C)cc(-c2noc(-c3cc(C)nc(CC(C)C)c3)n2)cc1CC. The number of nitrogens with zero attached hydrogens (tertiary/aromatic N) is 3. The van der Waals surface area contributed by atoms with Crippen LogP contribution in [0.1, 0.15) is 56.6 Å². The van der Waals surface area contributed by atoms with Gasteiger partial charge < -0.3 is 9.26 Å². The lowest BCUT2D eigenvalue weighted by Crippen LogP contribution is -2.01. The zero-order valence-electron chi connectivity index (χ0n) is 18.4. The van der Waals surface area contributed by atoms with E-state index in [-0.39, 0.29) is 0 Å². The molecule has 0 saturated heterocycles. The van der Waals surface area contributed by atoms with Crippen LogP contribution in [0.5, 0.6) is 5.75 Å². The minimum atomic E-state index is 0.525. The third-order valence-corrected chi connectivity index (χ3v) is 4.74. The molecule has 2 heterocycles. The quantitative estimate of drug-likeness (QED) is 0.472. The Morgan fingerprint density at radius 3 is 2.48 bits per heavy atom. The van der Waals surface area contributed by atoms with E-state index in [2.05, 4.69) is 67.9 Å². The van der Waals surface area contributed by atoms with Gasteiger partial charge in [0.05, 0.1) is 6.61 Å². The van der Waals surface area contributed by atoms with Crippen LogP contribution in [0.2, 0.25) is 0 Å². The number of pyridine rings is 1. The Balaban J connectivity index is 1.94. The first kappa shape index (κ1) is 21.0. The summed E-state index contributed by atoms with van der Waals surface area (Å²) in [7, 11) is 0. The van der Waals surface area contributed by atoms with Gasteiger partial charge in [0.2, 0.25) is 5.82 Å². The molecule has 0 aliphatic carbocycles. The maximum atomic E-state index is 5.96. The van der Waals surface area contributed by atoms with Crippen molar-refractivity contribution in [1.82, 2.24) is 15.1 Å². The lowest BCUT2D eigenvalue weighted by atomic mass is 10.0. The molecule has 5 nitrogen and oxygen atoms in total. The highest BCUT2D eigenvalue weighted by atomic mass is 16.5. The standard InChI is InChI=1S/C24H31N3O2/c1-7-9-28-22-16(5)11-19(13-18(22)8-2)23-26-24(29-27-23)20-12-17(6)25-21(14-20)10-15(3)4/h11-15H,7-10H2,1-6H3. The Hall–Kier alpha value is -2.69. The molecule has 0 N–H and O–H groups in total. The molecule has 2 aromatic heterocycles. The van der Waals surface area contributed by atoms with E-state index in [1.54, 1.807) is 0 Å². The first-order valence-electron chi connectivity index (χ1n) is 10.5. The Bertz CT molecular complexity index is 976. The van der Waals surface area contributed by atoms with Crippen molar-refractivity contribution in [2.24, 2.45) is 5.92 Å². The van der Waals surface area contributed by atoms with Gasteiger partial charge in [-0.25, -0.2) is 0 Å². The van der Waals surface area contributed by atoms with Gasteiger partial charge in [0, 0.05) is 22.5 Å². The van der Waals surface area contributed by atoms with Crippen LogP contribution in [0.3, 0.4) is 0 Å². The van der Waals surface area contributed by atoms with Gasteiger partial charge in [-0.3, -0.25) is 4.98 Å². The molecule has 0 radical (unpaired) electrons. The summed E-state index contributed by atoms with van der Waals surface area (Å²) < 4.78 is 11.6.